The van der Waals surface area contributed by atoms with Crippen molar-refractivity contribution in [3.8, 4) is 0 Å². The summed E-state index contributed by atoms with van der Waals surface area (Å²) < 4.78 is 35.7. The molecule has 2 aliphatic rings. The number of esters is 1. The van der Waals surface area contributed by atoms with Gasteiger partial charge < -0.3 is 9.47 Å². The lowest BCUT2D eigenvalue weighted by molar-refractivity contribution is -0.144. The van der Waals surface area contributed by atoms with E-state index < -0.39 is 10.0 Å². The molecule has 7 heteroatoms. The molecular weight excluding hydrogens is 258 g/mol. The Morgan fingerprint density at radius 1 is 1.44 bits per heavy atom. The van der Waals surface area contributed by atoms with Crippen molar-refractivity contribution in [2.24, 2.45) is 5.92 Å². The van der Waals surface area contributed by atoms with E-state index in [-0.39, 0.29) is 30.3 Å². The Balaban J connectivity index is 1.93. The van der Waals surface area contributed by atoms with Crippen LogP contribution in [0.5, 0.6) is 0 Å². The highest BCUT2D eigenvalue weighted by molar-refractivity contribution is 7.89. The van der Waals surface area contributed by atoms with Crippen LogP contribution in [0.4, 0.5) is 0 Å². The summed E-state index contributed by atoms with van der Waals surface area (Å²) in [6, 6.07) is 0. The maximum Gasteiger partial charge on any atom is 0.310 e. The normalized spacial score (nSPS) is 29.6. The fourth-order valence-electron chi connectivity index (χ4n) is 2.46. The molecule has 0 radical (unpaired) electrons. The first-order chi connectivity index (χ1) is 8.53. The molecule has 0 N–H and O–H groups in total. The minimum atomic E-state index is -3.32. The molecule has 2 heterocycles. The van der Waals surface area contributed by atoms with Gasteiger partial charge in [-0.3, -0.25) is 4.79 Å². The second kappa shape index (κ2) is 5.54. The van der Waals surface area contributed by atoms with Crippen LogP contribution in [0.1, 0.15) is 19.3 Å². The molecule has 2 rings (SSSR count). The Morgan fingerprint density at radius 2 is 2.22 bits per heavy atom. The molecule has 2 atom stereocenters. The number of carbonyl (C=O) groups excluding carboxylic acids is 1. The van der Waals surface area contributed by atoms with E-state index in [9.17, 15) is 13.2 Å². The molecule has 0 aromatic heterocycles. The van der Waals surface area contributed by atoms with Gasteiger partial charge in [-0.1, -0.05) is 0 Å². The van der Waals surface area contributed by atoms with Gasteiger partial charge in [0.2, 0.25) is 10.0 Å². The zero-order valence-corrected chi connectivity index (χ0v) is 11.3. The van der Waals surface area contributed by atoms with Crippen molar-refractivity contribution < 1.29 is 22.7 Å². The van der Waals surface area contributed by atoms with Crippen molar-refractivity contribution in [1.29, 1.82) is 0 Å². The number of carbonyl (C=O) groups is 1. The monoisotopic (exact) mass is 277 g/mol. The molecule has 0 aliphatic carbocycles. The number of rotatable bonds is 4. The van der Waals surface area contributed by atoms with Crippen LogP contribution in [0.2, 0.25) is 0 Å². The van der Waals surface area contributed by atoms with Crippen molar-refractivity contribution in [1.82, 2.24) is 4.31 Å². The van der Waals surface area contributed by atoms with Crippen LogP contribution in [-0.4, -0.2) is 57.4 Å². The topological polar surface area (TPSA) is 72.9 Å². The van der Waals surface area contributed by atoms with Gasteiger partial charge in [-0.05, 0) is 19.3 Å². The number of ether oxygens (including phenoxy) is 2. The Bertz CT molecular complexity index is 402. The minimum absolute atomic E-state index is 0.0287. The SMILES string of the molecule is COC(=O)C1CCN(S(=O)(=O)CC2CCCO2)C1. The van der Waals surface area contributed by atoms with Gasteiger partial charge >= 0.3 is 5.97 Å². The highest BCUT2D eigenvalue weighted by Crippen LogP contribution is 2.23. The first-order valence-corrected chi connectivity index (χ1v) is 7.81. The quantitative estimate of drug-likeness (QED) is 0.676. The van der Waals surface area contributed by atoms with Crippen LogP contribution < -0.4 is 0 Å². The van der Waals surface area contributed by atoms with Gasteiger partial charge in [-0.2, -0.15) is 0 Å². The lowest BCUT2D eigenvalue weighted by Gasteiger charge is -2.18. The molecule has 0 bridgehead atoms. The second-order valence-corrected chi connectivity index (χ2v) is 6.79. The smallest absolute Gasteiger partial charge is 0.310 e. The third kappa shape index (κ3) is 3.02. The van der Waals surface area contributed by atoms with Crippen LogP contribution in [0.25, 0.3) is 0 Å². The molecule has 0 saturated carbocycles. The molecule has 2 aliphatic heterocycles. The van der Waals surface area contributed by atoms with Gasteiger partial charge in [0.1, 0.15) is 0 Å². The number of methoxy groups -OCH3 is 1. The number of hydrogen-bond donors (Lipinski definition) is 0. The van der Waals surface area contributed by atoms with E-state index in [1.165, 1.54) is 11.4 Å². The van der Waals surface area contributed by atoms with E-state index in [0.29, 0.717) is 19.6 Å². The van der Waals surface area contributed by atoms with Crippen molar-refractivity contribution in [2.45, 2.75) is 25.4 Å². The summed E-state index contributed by atoms with van der Waals surface area (Å²) in [6.45, 7) is 1.28. The first kappa shape index (κ1) is 13.8. The standard InChI is InChI=1S/C11H19NO5S/c1-16-11(13)9-4-5-12(7-9)18(14,15)8-10-3-2-6-17-10/h9-10H,2-8H2,1H3. The predicted molar refractivity (Wildman–Crippen MR) is 64.5 cm³/mol. The Kier molecular flexibility index (Phi) is 4.24. The fraction of sp³-hybridized carbons (Fsp3) is 0.909. The van der Waals surface area contributed by atoms with Crippen molar-refractivity contribution in [3.63, 3.8) is 0 Å². The molecule has 2 saturated heterocycles. The molecule has 2 fully saturated rings. The molecule has 104 valence electrons. The highest BCUT2D eigenvalue weighted by Gasteiger charge is 2.37. The Morgan fingerprint density at radius 3 is 2.83 bits per heavy atom. The molecule has 0 spiro atoms. The van der Waals surface area contributed by atoms with E-state index in [4.69, 9.17) is 4.74 Å². The third-order valence-electron chi connectivity index (χ3n) is 3.50. The average molecular weight is 277 g/mol. The summed E-state index contributed by atoms with van der Waals surface area (Å²) in [7, 11) is -1.99. The van der Waals surface area contributed by atoms with Gasteiger partial charge in [-0.15, -0.1) is 0 Å². The molecule has 0 amide bonds. The molecule has 0 aromatic rings. The van der Waals surface area contributed by atoms with Gasteiger partial charge in [0, 0.05) is 19.7 Å². The average Bonchev–Trinajstić information content (AvgIpc) is 2.97. The summed E-state index contributed by atoms with van der Waals surface area (Å²) in [5.74, 6) is -0.625. The van der Waals surface area contributed by atoms with Crippen LogP contribution >= 0.6 is 0 Å². The maximum absolute atomic E-state index is 12.1. The van der Waals surface area contributed by atoms with E-state index in [1.807, 2.05) is 0 Å². The van der Waals surface area contributed by atoms with E-state index in [1.54, 1.807) is 0 Å². The summed E-state index contributed by atoms with van der Waals surface area (Å²) >= 11 is 0. The summed E-state index contributed by atoms with van der Waals surface area (Å²) in [6.07, 6.45) is 2.07. The largest absolute Gasteiger partial charge is 0.469 e. The highest BCUT2D eigenvalue weighted by atomic mass is 32.2. The van der Waals surface area contributed by atoms with Crippen LogP contribution in [0.15, 0.2) is 0 Å². The number of sulfonamides is 1. The lowest BCUT2D eigenvalue weighted by atomic mass is 10.1. The maximum atomic E-state index is 12.1. The Hall–Kier alpha value is -0.660. The van der Waals surface area contributed by atoms with Gasteiger partial charge in [0.15, 0.2) is 0 Å². The fourth-order valence-corrected chi connectivity index (χ4v) is 4.19. The molecule has 0 aromatic carbocycles. The molecule has 6 nitrogen and oxygen atoms in total. The van der Waals surface area contributed by atoms with Crippen molar-refractivity contribution in [3.05, 3.63) is 0 Å². The van der Waals surface area contributed by atoms with Crippen LogP contribution in [0, 0.1) is 5.92 Å². The summed E-state index contributed by atoms with van der Waals surface area (Å²) in [5, 5.41) is 0. The van der Waals surface area contributed by atoms with Gasteiger partial charge in [0.05, 0.1) is 24.9 Å². The first-order valence-electron chi connectivity index (χ1n) is 6.20. The number of nitrogens with zero attached hydrogens (tertiary/aromatic N) is 1. The second-order valence-electron chi connectivity index (χ2n) is 4.78. The summed E-state index contributed by atoms with van der Waals surface area (Å²) in [5.41, 5.74) is 0. The van der Waals surface area contributed by atoms with Gasteiger partial charge in [0.25, 0.3) is 0 Å². The predicted octanol–water partition coefficient (Wildman–Crippen LogP) is -0.00990. The number of hydrogen-bond acceptors (Lipinski definition) is 5. The zero-order chi connectivity index (χ0) is 13.2. The molecule has 18 heavy (non-hydrogen) atoms. The van der Waals surface area contributed by atoms with Crippen molar-refractivity contribution >= 4 is 16.0 Å². The molecule has 2 unspecified atom stereocenters. The minimum Gasteiger partial charge on any atom is -0.469 e. The summed E-state index contributed by atoms with van der Waals surface area (Å²) in [4.78, 5) is 11.4. The van der Waals surface area contributed by atoms with Crippen LogP contribution in [0.3, 0.4) is 0 Å². The van der Waals surface area contributed by atoms with Gasteiger partial charge in [-0.25, -0.2) is 12.7 Å². The van der Waals surface area contributed by atoms with E-state index in [0.717, 1.165) is 12.8 Å². The van der Waals surface area contributed by atoms with E-state index >= 15 is 0 Å². The zero-order valence-electron chi connectivity index (χ0n) is 10.5. The van der Waals surface area contributed by atoms with E-state index in [2.05, 4.69) is 4.74 Å². The van der Waals surface area contributed by atoms with Crippen LogP contribution in [-0.2, 0) is 24.3 Å². The lowest BCUT2D eigenvalue weighted by Crippen LogP contribution is -2.35. The molecular formula is C11H19NO5S. The third-order valence-corrected chi connectivity index (χ3v) is 5.41. The Labute approximate surface area is 107 Å². The van der Waals surface area contributed by atoms with Crippen molar-refractivity contribution in [2.75, 3.05) is 32.6 Å².